The van der Waals surface area contributed by atoms with Gasteiger partial charge in [-0.25, -0.2) is 0 Å². The second-order valence-electron chi connectivity index (χ2n) is 5.60. The number of fused-ring (bicyclic) bond motifs is 1. The molecular formula is C13H17BrN6. The standard InChI is InChI=1S/C13H17BrN6/c14-10-6-15-20(7-10)11-3-5-18(8-11)9-13-17-16-12-2-1-4-19(12)13/h6-7,11H,1-5,8-9H2. The van der Waals surface area contributed by atoms with Gasteiger partial charge in [-0.15, -0.1) is 10.2 Å². The molecule has 2 aliphatic rings. The Morgan fingerprint density at radius 3 is 3.10 bits per heavy atom. The molecule has 0 spiro atoms. The fraction of sp³-hybridized carbons (Fsp3) is 0.615. The molecule has 0 radical (unpaired) electrons. The minimum absolute atomic E-state index is 0.474. The van der Waals surface area contributed by atoms with Gasteiger partial charge in [0, 0.05) is 32.3 Å². The highest BCUT2D eigenvalue weighted by Gasteiger charge is 2.26. The van der Waals surface area contributed by atoms with Crippen molar-refractivity contribution in [2.45, 2.75) is 38.4 Å². The SMILES string of the molecule is Brc1cnn(C2CCN(Cc3nnc4n3CCC4)C2)c1. The molecule has 2 aromatic heterocycles. The van der Waals surface area contributed by atoms with Gasteiger partial charge < -0.3 is 4.57 Å². The minimum Gasteiger partial charge on any atom is -0.314 e. The van der Waals surface area contributed by atoms with E-state index in [-0.39, 0.29) is 0 Å². The molecule has 2 aromatic rings. The number of rotatable bonds is 3. The molecule has 2 aliphatic heterocycles. The molecule has 1 fully saturated rings. The zero-order valence-corrected chi connectivity index (χ0v) is 12.8. The van der Waals surface area contributed by atoms with Crippen molar-refractivity contribution in [2.75, 3.05) is 13.1 Å². The summed E-state index contributed by atoms with van der Waals surface area (Å²) in [5.74, 6) is 2.28. The molecule has 4 heterocycles. The van der Waals surface area contributed by atoms with Gasteiger partial charge in [-0.2, -0.15) is 5.10 Å². The van der Waals surface area contributed by atoms with Gasteiger partial charge in [0.15, 0.2) is 0 Å². The Balaban J connectivity index is 1.43. The van der Waals surface area contributed by atoms with E-state index in [1.165, 1.54) is 6.42 Å². The number of hydrogen-bond acceptors (Lipinski definition) is 4. The lowest BCUT2D eigenvalue weighted by atomic mass is 10.3. The van der Waals surface area contributed by atoms with Gasteiger partial charge >= 0.3 is 0 Å². The van der Waals surface area contributed by atoms with Crippen molar-refractivity contribution in [3.05, 3.63) is 28.5 Å². The number of likely N-dealkylation sites (tertiary alicyclic amines) is 1. The molecule has 0 saturated carbocycles. The van der Waals surface area contributed by atoms with Gasteiger partial charge in [0.25, 0.3) is 0 Å². The molecule has 20 heavy (non-hydrogen) atoms. The van der Waals surface area contributed by atoms with Crippen LogP contribution in [0.4, 0.5) is 0 Å². The van der Waals surface area contributed by atoms with Crippen molar-refractivity contribution in [1.29, 1.82) is 0 Å². The highest BCUT2D eigenvalue weighted by atomic mass is 79.9. The van der Waals surface area contributed by atoms with E-state index in [0.29, 0.717) is 6.04 Å². The van der Waals surface area contributed by atoms with Gasteiger partial charge in [-0.1, -0.05) is 0 Å². The van der Waals surface area contributed by atoms with Crippen molar-refractivity contribution in [3.8, 4) is 0 Å². The van der Waals surface area contributed by atoms with Crippen LogP contribution in [0, 0.1) is 0 Å². The molecule has 0 aliphatic carbocycles. The first kappa shape index (κ1) is 12.5. The molecule has 6 nitrogen and oxygen atoms in total. The highest BCUT2D eigenvalue weighted by Crippen LogP contribution is 2.24. The topological polar surface area (TPSA) is 51.8 Å². The number of aromatic nitrogens is 5. The quantitative estimate of drug-likeness (QED) is 0.854. The molecule has 0 bridgehead atoms. The van der Waals surface area contributed by atoms with Gasteiger partial charge in [0.05, 0.1) is 23.3 Å². The summed E-state index contributed by atoms with van der Waals surface area (Å²) in [5.41, 5.74) is 0. The molecule has 106 valence electrons. The lowest BCUT2D eigenvalue weighted by Crippen LogP contribution is -2.23. The maximum atomic E-state index is 4.40. The van der Waals surface area contributed by atoms with E-state index in [0.717, 1.165) is 55.1 Å². The molecular weight excluding hydrogens is 320 g/mol. The molecule has 1 saturated heterocycles. The van der Waals surface area contributed by atoms with Gasteiger partial charge in [0.2, 0.25) is 0 Å². The minimum atomic E-state index is 0.474. The lowest BCUT2D eigenvalue weighted by Gasteiger charge is -2.15. The first-order valence-corrected chi connectivity index (χ1v) is 7.92. The van der Waals surface area contributed by atoms with Crippen molar-refractivity contribution in [2.24, 2.45) is 0 Å². The van der Waals surface area contributed by atoms with Gasteiger partial charge in [-0.3, -0.25) is 9.58 Å². The second-order valence-corrected chi connectivity index (χ2v) is 6.52. The predicted octanol–water partition coefficient (Wildman–Crippen LogP) is 1.63. The molecule has 7 heteroatoms. The number of hydrogen-bond donors (Lipinski definition) is 0. The van der Waals surface area contributed by atoms with Crippen molar-refractivity contribution in [3.63, 3.8) is 0 Å². The summed E-state index contributed by atoms with van der Waals surface area (Å²) in [6, 6.07) is 0.474. The van der Waals surface area contributed by atoms with E-state index in [4.69, 9.17) is 0 Å². The highest BCUT2D eigenvalue weighted by molar-refractivity contribution is 9.10. The Bertz CT molecular complexity index is 618. The van der Waals surface area contributed by atoms with E-state index in [9.17, 15) is 0 Å². The van der Waals surface area contributed by atoms with E-state index >= 15 is 0 Å². The maximum Gasteiger partial charge on any atom is 0.147 e. The summed E-state index contributed by atoms with van der Waals surface area (Å²) in [5, 5.41) is 13.0. The van der Waals surface area contributed by atoms with Crippen LogP contribution in [0.3, 0.4) is 0 Å². The summed E-state index contributed by atoms with van der Waals surface area (Å²) in [6.45, 7) is 4.13. The van der Waals surface area contributed by atoms with Crippen molar-refractivity contribution < 1.29 is 0 Å². The van der Waals surface area contributed by atoms with Crippen LogP contribution in [0.2, 0.25) is 0 Å². The van der Waals surface area contributed by atoms with Crippen molar-refractivity contribution in [1.82, 2.24) is 29.4 Å². The first-order valence-electron chi connectivity index (χ1n) is 7.12. The van der Waals surface area contributed by atoms with Gasteiger partial charge in [0.1, 0.15) is 11.6 Å². The fourth-order valence-corrected chi connectivity index (χ4v) is 3.52. The van der Waals surface area contributed by atoms with Crippen LogP contribution in [0.25, 0.3) is 0 Å². The number of aryl methyl sites for hydroxylation is 1. The van der Waals surface area contributed by atoms with Crippen molar-refractivity contribution >= 4 is 15.9 Å². The first-order chi connectivity index (χ1) is 9.79. The average molecular weight is 337 g/mol. The number of halogens is 1. The van der Waals surface area contributed by atoms with Crippen LogP contribution in [0.1, 0.15) is 30.5 Å². The second kappa shape index (κ2) is 4.96. The molecule has 0 aromatic carbocycles. The Hall–Kier alpha value is -1.21. The molecule has 0 N–H and O–H groups in total. The molecule has 1 atom stereocenters. The Morgan fingerprint density at radius 1 is 1.30 bits per heavy atom. The van der Waals surface area contributed by atoms with Crippen LogP contribution >= 0.6 is 15.9 Å². The Labute approximate surface area is 125 Å². The zero-order chi connectivity index (χ0) is 13.5. The third-order valence-electron chi connectivity index (χ3n) is 4.24. The van der Waals surface area contributed by atoms with E-state index in [1.807, 2.05) is 6.20 Å². The summed E-state index contributed by atoms with van der Waals surface area (Å²) in [6.07, 6.45) is 7.35. The monoisotopic (exact) mass is 336 g/mol. The Morgan fingerprint density at radius 2 is 2.25 bits per heavy atom. The van der Waals surface area contributed by atoms with Gasteiger partial charge in [-0.05, 0) is 28.8 Å². The van der Waals surface area contributed by atoms with Crippen LogP contribution in [0.15, 0.2) is 16.9 Å². The summed E-state index contributed by atoms with van der Waals surface area (Å²) < 4.78 is 5.40. The summed E-state index contributed by atoms with van der Waals surface area (Å²) in [7, 11) is 0. The number of nitrogens with zero attached hydrogens (tertiary/aromatic N) is 6. The third kappa shape index (κ3) is 2.18. The van der Waals surface area contributed by atoms with Crippen LogP contribution < -0.4 is 0 Å². The normalized spacial score (nSPS) is 22.6. The van der Waals surface area contributed by atoms with E-state index < -0.39 is 0 Å². The summed E-state index contributed by atoms with van der Waals surface area (Å²) in [4.78, 5) is 2.45. The zero-order valence-electron chi connectivity index (χ0n) is 11.2. The lowest BCUT2D eigenvalue weighted by molar-refractivity contribution is 0.299. The average Bonchev–Trinajstić information content (AvgIpc) is 3.16. The van der Waals surface area contributed by atoms with Crippen LogP contribution in [-0.4, -0.2) is 42.5 Å². The maximum absolute atomic E-state index is 4.40. The van der Waals surface area contributed by atoms with E-state index in [1.54, 1.807) is 0 Å². The largest absolute Gasteiger partial charge is 0.314 e. The molecule has 0 amide bonds. The smallest absolute Gasteiger partial charge is 0.147 e. The predicted molar refractivity (Wildman–Crippen MR) is 77.2 cm³/mol. The van der Waals surface area contributed by atoms with E-state index in [2.05, 4.69) is 51.6 Å². The molecule has 4 rings (SSSR count). The molecule has 1 unspecified atom stereocenters. The fourth-order valence-electron chi connectivity index (χ4n) is 3.21. The third-order valence-corrected chi connectivity index (χ3v) is 4.65. The van der Waals surface area contributed by atoms with Crippen LogP contribution in [0.5, 0.6) is 0 Å². The Kier molecular flexibility index (Phi) is 3.11. The van der Waals surface area contributed by atoms with Crippen LogP contribution in [-0.2, 0) is 19.5 Å². The summed E-state index contributed by atoms with van der Waals surface area (Å²) >= 11 is 3.46.